The van der Waals surface area contributed by atoms with Crippen molar-refractivity contribution in [3.63, 3.8) is 0 Å². The van der Waals surface area contributed by atoms with Crippen LogP contribution in [0.25, 0.3) is 0 Å². The third-order valence-corrected chi connectivity index (χ3v) is 4.13. The van der Waals surface area contributed by atoms with Gasteiger partial charge in [-0.15, -0.1) is 0 Å². The molecule has 0 unspecified atom stereocenters. The van der Waals surface area contributed by atoms with Crippen LogP contribution in [0, 0.1) is 5.92 Å². The Morgan fingerprint density at radius 1 is 1.17 bits per heavy atom. The molecule has 6 nitrogen and oxygen atoms in total. The van der Waals surface area contributed by atoms with Crippen LogP contribution >= 0.6 is 0 Å². The summed E-state index contributed by atoms with van der Waals surface area (Å²) < 4.78 is 0. The summed E-state index contributed by atoms with van der Waals surface area (Å²) in [4.78, 5) is 38.0. The van der Waals surface area contributed by atoms with Gasteiger partial charge in [-0.05, 0) is 31.4 Å². The second-order valence-electron chi connectivity index (χ2n) is 6.02. The SMILES string of the molecule is CCCNC(=O)[C@@H]1CCCN(C(=O)CNC(=O)c2ccccc2)C1. The highest BCUT2D eigenvalue weighted by atomic mass is 16.2. The van der Waals surface area contributed by atoms with Gasteiger partial charge in [-0.2, -0.15) is 0 Å². The van der Waals surface area contributed by atoms with Crippen LogP contribution in [0.5, 0.6) is 0 Å². The monoisotopic (exact) mass is 331 g/mol. The Hall–Kier alpha value is -2.37. The number of hydrogen-bond acceptors (Lipinski definition) is 3. The molecule has 1 aromatic carbocycles. The van der Waals surface area contributed by atoms with E-state index >= 15 is 0 Å². The minimum atomic E-state index is -0.266. The first-order valence-electron chi connectivity index (χ1n) is 8.50. The van der Waals surface area contributed by atoms with Gasteiger partial charge in [-0.1, -0.05) is 25.1 Å². The molecule has 0 radical (unpaired) electrons. The highest BCUT2D eigenvalue weighted by molar-refractivity contribution is 5.96. The van der Waals surface area contributed by atoms with Gasteiger partial charge in [0.2, 0.25) is 11.8 Å². The van der Waals surface area contributed by atoms with E-state index in [4.69, 9.17) is 0 Å². The fourth-order valence-corrected chi connectivity index (χ4v) is 2.77. The van der Waals surface area contributed by atoms with Crippen molar-refractivity contribution in [1.82, 2.24) is 15.5 Å². The highest BCUT2D eigenvalue weighted by Crippen LogP contribution is 2.16. The summed E-state index contributed by atoms with van der Waals surface area (Å²) in [6.45, 7) is 3.69. The van der Waals surface area contributed by atoms with E-state index in [0.29, 0.717) is 25.2 Å². The maximum absolute atomic E-state index is 12.3. The molecule has 2 N–H and O–H groups in total. The van der Waals surface area contributed by atoms with E-state index in [9.17, 15) is 14.4 Å². The summed E-state index contributed by atoms with van der Waals surface area (Å²) in [6.07, 6.45) is 2.50. The quantitative estimate of drug-likeness (QED) is 0.822. The fourth-order valence-electron chi connectivity index (χ4n) is 2.77. The summed E-state index contributed by atoms with van der Waals surface area (Å²) in [5, 5.41) is 5.53. The predicted octanol–water partition coefficient (Wildman–Crippen LogP) is 1.18. The van der Waals surface area contributed by atoms with E-state index in [1.165, 1.54) is 0 Å². The molecule has 24 heavy (non-hydrogen) atoms. The zero-order valence-corrected chi connectivity index (χ0v) is 14.1. The minimum Gasteiger partial charge on any atom is -0.356 e. The zero-order chi connectivity index (χ0) is 17.4. The summed E-state index contributed by atoms with van der Waals surface area (Å²) in [5.41, 5.74) is 0.528. The van der Waals surface area contributed by atoms with Crippen molar-refractivity contribution < 1.29 is 14.4 Å². The molecule has 130 valence electrons. The van der Waals surface area contributed by atoms with Crippen molar-refractivity contribution in [1.29, 1.82) is 0 Å². The summed E-state index contributed by atoms with van der Waals surface area (Å²) in [7, 11) is 0. The van der Waals surface area contributed by atoms with Gasteiger partial charge in [0.15, 0.2) is 0 Å². The van der Waals surface area contributed by atoms with Crippen LogP contribution in [0.1, 0.15) is 36.5 Å². The molecule has 3 amide bonds. The lowest BCUT2D eigenvalue weighted by Crippen LogP contribution is -2.48. The lowest BCUT2D eigenvalue weighted by Gasteiger charge is -2.32. The summed E-state index contributed by atoms with van der Waals surface area (Å²) in [5.74, 6) is -0.549. The van der Waals surface area contributed by atoms with Crippen LogP contribution in [0.3, 0.4) is 0 Å². The van der Waals surface area contributed by atoms with E-state index in [-0.39, 0.29) is 30.2 Å². The van der Waals surface area contributed by atoms with Gasteiger partial charge in [0.25, 0.3) is 5.91 Å². The Balaban J connectivity index is 1.81. The van der Waals surface area contributed by atoms with Gasteiger partial charge in [0.1, 0.15) is 0 Å². The smallest absolute Gasteiger partial charge is 0.251 e. The van der Waals surface area contributed by atoms with Crippen molar-refractivity contribution in [2.45, 2.75) is 26.2 Å². The van der Waals surface area contributed by atoms with Gasteiger partial charge >= 0.3 is 0 Å². The summed E-state index contributed by atoms with van der Waals surface area (Å²) >= 11 is 0. The maximum atomic E-state index is 12.3. The van der Waals surface area contributed by atoms with Gasteiger partial charge in [-0.3, -0.25) is 14.4 Å². The maximum Gasteiger partial charge on any atom is 0.251 e. The molecule has 1 aliphatic rings. The average molecular weight is 331 g/mol. The molecule has 0 saturated carbocycles. The van der Waals surface area contributed by atoms with Gasteiger partial charge < -0.3 is 15.5 Å². The third kappa shape index (κ3) is 5.08. The molecule has 2 rings (SSSR count). The molecular weight excluding hydrogens is 306 g/mol. The number of likely N-dealkylation sites (tertiary alicyclic amines) is 1. The number of benzene rings is 1. The molecule has 1 atom stereocenters. The van der Waals surface area contributed by atoms with E-state index < -0.39 is 0 Å². The molecule has 1 aromatic rings. The first-order valence-corrected chi connectivity index (χ1v) is 8.50. The first-order chi connectivity index (χ1) is 11.6. The van der Waals surface area contributed by atoms with Gasteiger partial charge in [-0.25, -0.2) is 0 Å². The molecule has 1 aliphatic heterocycles. The molecule has 0 spiro atoms. The largest absolute Gasteiger partial charge is 0.356 e. The van der Waals surface area contributed by atoms with E-state index in [0.717, 1.165) is 19.3 Å². The first kappa shape index (κ1) is 18.0. The average Bonchev–Trinajstić information content (AvgIpc) is 2.64. The molecule has 1 saturated heterocycles. The molecule has 0 aromatic heterocycles. The predicted molar refractivity (Wildman–Crippen MR) is 91.4 cm³/mol. The third-order valence-electron chi connectivity index (χ3n) is 4.13. The van der Waals surface area contributed by atoms with Crippen LogP contribution in [0.2, 0.25) is 0 Å². The Labute approximate surface area is 142 Å². The number of hydrogen-bond donors (Lipinski definition) is 2. The van der Waals surface area contributed by atoms with Crippen molar-refractivity contribution in [3.8, 4) is 0 Å². The Kier molecular flexibility index (Phi) is 6.78. The molecular formula is C18H25N3O3. The Morgan fingerprint density at radius 2 is 1.92 bits per heavy atom. The standard InChI is InChI=1S/C18H25N3O3/c1-2-10-19-18(24)15-9-6-11-21(13-15)16(22)12-20-17(23)14-7-4-3-5-8-14/h3-5,7-8,15H,2,6,9-13H2,1H3,(H,19,24)(H,20,23)/t15-/m1/s1. The fraction of sp³-hybridized carbons (Fsp3) is 0.500. The second kappa shape index (κ2) is 9.05. The lowest BCUT2D eigenvalue weighted by atomic mass is 9.97. The van der Waals surface area contributed by atoms with Crippen molar-refractivity contribution in [3.05, 3.63) is 35.9 Å². The molecule has 1 fully saturated rings. The van der Waals surface area contributed by atoms with Gasteiger partial charge in [0, 0.05) is 25.2 Å². The van der Waals surface area contributed by atoms with Crippen LogP contribution in [0.4, 0.5) is 0 Å². The number of amides is 3. The lowest BCUT2D eigenvalue weighted by molar-refractivity contribution is -0.134. The number of nitrogens with one attached hydrogen (secondary N) is 2. The van der Waals surface area contributed by atoms with E-state index in [1.807, 2.05) is 13.0 Å². The topological polar surface area (TPSA) is 78.5 Å². The minimum absolute atomic E-state index is 0.0164. The summed E-state index contributed by atoms with van der Waals surface area (Å²) in [6, 6.07) is 8.80. The van der Waals surface area contributed by atoms with Crippen molar-refractivity contribution in [2.24, 2.45) is 5.92 Å². The van der Waals surface area contributed by atoms with E-state index in [1.54, 1.807) is 29.2 Å². The van der Waals surface area contributed by atoms with Crippen LogP contribution in [-0.4, -0.2) is 48.8 Å². The Morgan fingerprint density at radius 3 is 2.62 bits per heavy atom. The number of carbonyl (C=O) groups is 3. The van der Waals surface area contributed by atoms with Crippen LogP contribution < -0.4 is 10.6 Å². The zero-order valence-electron chi connectivity index (χ0n) is 14.1. The molecule has 0 bridgehead atoms. The Bertz CT molecular complexity index is 574. The van der Waals surface area contributed by atoms with Crippen LogP contribution in [0.15, 0.2) is 30.3 Å². The van der Waals surface area contributed by atoms with Crippen molar-refractivity contribution in [2.75, 3.05) is 26.2 Å². The number of rotatable bonds is 6. The molecule has 0 aliphatic carbocycles. The molecule has 6 heteroatoms. The number of carbonyl (C=O) groups excluding carboxylic acids is 3. The second-order valence-corrected chi connectivity index (χ2v) is 6.02. The number of piperidine rings is 1. The van der Waals surface area contributed by atoms with Crippen molar-refractivity contribution >= 4 is 17.7 Å². The van der Waals surface area contributed by atoms with Crippen LogP contribution in [-0.2, 0) is 9.59 Å². The molecule has 1 heterocycles. The normalized spacial score (nSPS) is 17.2. The number of nitrogens with zero attached hydrogens (tertiary/aromatic N) is 1. The van der Waals surface area contributed by atoms with Gasteiger partial charge in [0.05, 0.1) is 12.5 Å². The highest BCUT2D eigenvalue weighted by Gasteiger charge is 2.28. The van der Waals surface area contributed by atoms with E-state index in [2.05, 4.69) is 10.6 Å².